The predicted molar refractivity (Wildman–Crippen MR) is 111 cm³/mol. The zero-order valence-electron chi connectivity index (χ0n) is 16.6. The van der Waals surface area contributed by atoms with Crippen LogP contribution in [-0.2, 0) is 11.2 Å². The summed E-state index contributed by atoms with van der Waals surface area (Å²) in [6.45, 7) is 6.17. The van der Waals surface area contributed by atoms with Crippen LogP contribution >= 0.6 is 11.8 Å². The Balaban J connectivity index is 1.68. The van der Waals surface area contributed by atoms with Crippen molar-refractivity contribution in [3.05, 3.63) is 46.3 Å². The quantitative estimate of drug-likeness (QED) is 0.461. The monoisotopic (exact) mass is 398 g/mol. The molecule has 0 unspecified atom stereocenters. The fraction of sp³-hybridized carbons (Fsp3) is 0.524. The van der Waals surface area contributed by atoms with E-state index in [1.165, 1.54) is 18.2 Å². The van der Waals surface area contributed by atoms with E-state index in [1.807, 2.05) is 28.8 Å². The summed E-state index contributed by atoms with van der Waals surface area (Å²) in [6.07, 6.45) is 5.62. The molecule has 1 aromatic carbocycles. The Morgan fingerprint density at radius 3 is 2.61 bits per heavy atom. The van der Waals surface area contributed by atoms with E-state index in [9.17, 15) is 4.79 Å². The number of hydrogen-bond donors (Lipinski definition) is 0. The highest BCUT2D eigenvalue weighted by Gasteiger charge is 2.24. The van der Waals surface area contributed by atoms with E-state index in [2.05, 4.69) is 30.9 Å². The number of nitrogens with zero attached hydrogens (tertiary/aromatic N) is 4. The van der Waals surface area contributed by atoms with Crippen LogP contribution in [0.5, 0.6) is 0 Å². The summed E-state index contributed by atoms with van der Waals surface area (Å²) in [6, 6.07) is 7.80. The van der Waals surface area contributed by atoms with Crippen LogP contribution < -0.4 is 5.56 Å². The highest BCUT2D eigenvalue weighted by molar-refractivity contribution is 7.98. The van der Waals surface area contributed by atoms with Crippen LogP contribution in [0.2, 0.25) is 0 Å². The van der Waals surface area contributed by atoms with Crippen molar-refractivity contribution in [3.63, 3.8) is 0 Å². The largest absolute Gasteiger partial charge is 0.338 e. The van der Waals surface area contributed by atoms with Crippen molar-refractivity contribution in [1.82, 2.24) is 19.7 Å². The van der Waals surface area contributed by atoms with Gasteiger partial charge in [-0.2, -0.15) is 4.98 Å². The molecule has 1 aliphatic carbocycles. The lowest BCUT2D eigenvalue weighted by atomic mass is 9.95. The van der Waals surface area contributed by atoms with Gasteiger partial charge in [-0.05, 0) is 25.0 Å². The van der Waals surface area contributed by atoms with Gasteiger partial charge in [-0.25, -0.2) is 4.98 Å². The third-order valence-corrected chi connectivity index (χ3v) is 6.12. The molecule has 4 rings (SSSR count). The standard InChI is InChI=1S/C21H26N4O2S/c1-21(2,3)19-23-17(27-24-19)13-28-20-22-16-12-8-7-11-15(16)18(26)25(20)14-9-5-4-6-10-14/h7-8,11-12,14H,4-6,9-10,13H2,1-3H3. The van der Waals surface area contributed by atoms with Crippen molar-refractivity contribution < 1.29 is 4.52 Å². The molecular weight excluding hydrogens is 372 g/mol. The Morgan fingerprint density at radius 1 is 1.14 bits per heavy atom. The van der Waals surface area contributed by atoms with E-state index in [-0.39, 0.29) is 17.0 Å². The van der Waals surface area contributed by atoms with Gasteiger partial charge in [0.25, 0.3) is 5.56 Å². The highest BCUT2D eigenvalue weighted by atomic mass is 32.2. The highest BCUT2D eigenvalue weighted by Crippen LogP contribution is 2.32. The minimum absolute atomic E-state index is 0.0564. The zero-order chi connectivity index (χ0) is 19.7. The van der Waals surface area contributed by atoms with Crippen molar-refractivity contribution in [2.24, 2.45) is 0 Å². The molecule has 1 aliphatic rings. The summed E-state index contributed by atoms with van der Waals surface area (Å²) in [4.78, 5) is 22.6. The maximum absolute atomic E-state index is 13.3. The summed E-state index contributed by atoms with van der Waals surface area (Å²) >= 11 is 1.50. The van der Waals surface area contributed by atoms with Crippen LogP contribution in [-0.4, -0.2) is 19.7 Å². The van der Waals surface area contributed by atoms with Crippen LogP contribution in [0.15, 0.2) is 38.7 Å². The number of aromatic nitrogens is 4. The van der Waals surface area contributed by atoms with Crippen molar-refractivity contribution in [1.29, 1.82) is 0 Å². The maximum atomic E-state index is 13.3. The van der Waals surface area contributed by atoms with Crippen LogP contribution in [0.25, 0.3) is 10.9 Å². The lowest BCUT2D eigenvalue weighted by Gasteiger charge is -2.26. The molecule has 2 heterocycles. The van der Waals surface area contributed by atoms with Gasteiger partial charge in [-0.15, -0.1) is 0 Å². The molecule has 148 valence electrons. The molecule has 7 heteroatoms. The number of para-hydroxylation sites is 1. The fourth-order valence-electron chi connectivity index (χ4n) is 3.63. The summed E-state index contributed by atoms with van der Waals surface area (Å²) in [5, 5.41) is 5.52. The van der Waals surface area contributed by atoms with E-state index in [4.69, 9.17) is 9.51 Å². The third-order valence-electron chi connectivity index (χ3n) is 5.18. The molecule has 0 radical (unpaired) electrons. The molecule has 1 fully saturated rings. The van der Waals surface area contributed by atoms with Crippen molar-refractivity contribution >= 4 is 22.7 Å². The van der Waals surface area contributed by atoms with Gasteiger partial charge in [-0.1, -0.05) is 69.1 Å². The molecule has 0 bridgehead atoms. The van der Waals surface area contributed by atoms with E-state index in [1.54, 1.807) is 0 Å². The maximum Gasteiger partial charge on any atom is 0.262 e. The summed E-state index contributed by atoms with van der Waals surface area (Å²) in [7, 11) is 0. The van der Waals surface area contributed by atoms with Gasteiger partial charge >= 0.3 is 0 Å². The zero-order valence-corrected chi connectivity index (χ0v) is 17.5. The molecule has 0 spiro atoms. The van der Waals surface area contributed by atoms with Gasteiger partial charge in [0.1, 0.15) is 0 Å². The minimum Gasteiger partial charge on any atom is -0.338 e. The summed E-state index contributed by atoms with van der Waals surface area (Å²) in [5.74, 6) is 1.76. The number of fused-ring (bicyclic) bond motifs is 1. The van der Waals surface area contributed by atoms with Gasteiger partial charge in [0.2, 0.25) is 5.89 Å². The fourth-order valence-corrected chi connectivity index (χ4v) is 4.54. The van der Waals surface area contributed by atoms with Crippen LogP contribution in [0.1, 0.15) is 70.6 Å². The molecule has 0 N–H and O–H groups in total. The first-order valence-corrected chi connectivity index (χ1v) is 10.9. The normalized spacial score (nSPS) is 16.0. The Bertz CT molecular complexity index is 1030. The average Bonchev–Trinajstić information content (AvgIpc) is 3.17. The van der Waals surface area contributed by atoms with Crippen molar-refractivity contribution in [2.75, 3.05) is 0 Å². The van der Waals surface area contributed by atoms with Gasteiger partial charge in [0.05, 0.1) is 16.7 Å². The van der Waals surface area contributed by atoms with Crippen molar-refractivity contribution in [3.8, 4) is 0 Å². The lowest BCUT2D eigenvalue weighted by Crippen LogP contribution is -2.29. The number of rotatable bonds is 4. The Hall–Kier alpha value is -2.15. The topological polar surface area (TPSA) is 73.8 Å². The van der Waals surface area contributed by atoms with Gasteiger partial charge in [0, 0.05) is 11.5 Å². The second-order valence-corrected chi connectivity index (χ2v) is 9.37. The predicted octanol–water partition coefficient (Wildman–Crippen LogP) is 4.87. The van der Waals surface area contributed by atoms with Gasteiger partial charge in [-0.3, -0.25) is 9.36 Å². The summed E-state index contributed by atoms with van der Waals surface area (Å²) < 4.78 is 7.33. The molecule has 6 nitrogen and oxygen atoms in total. The number of thioether (sulfide) groups is 1. The first kappa shape index (κ1) is 19.2. The lowest BCUT2D eigenvalue weighted by molar-refractivity contribution is 0.326. The second kappa shape index (κ2) is 7.70. The Kier molecular flexibility index (Phi) is 5.27. The van der Waals surface area contributed by atoms with Gasteiger partial charge < -0.3 is 4.52 Å². The van der Waals surface area contributed by atoms with E-state index in [0.29, 0.717) is 22.9 Å². The molecule has 28 heavy (non-hydrogen) atoms. The first-order chi connectivity index (χ1) is 13.4. The van der Waals surface area contributed by atoms with Crippen LogP contribution in [0.3, 0.4) is 0 Å². The molecule has 2 aromatic heterocycles. The smallest absolute Gasteiger partial charge is 0.262 e. The average molecular weight is 399 g/mol. The SMILES string of the molecule is CC(C)(C)c1noc(CSc2nc3ccccc3c(=O)n2C2CCCCC2)n1. The molecule has 1 saturated carbocycles. The second-order valence-electron chi connectivity index (χ2n) is 8.43. The Morgan fingerprint density at radius 2 is 1.89 bits per heavy atom. The molecule has 3 aromatic rings. The van der Waals surface area contributed by atoms with Crippen molar-refractivity contribution in [2.45, 2.75) is 75.2 Å². The molecule has 0 aliphatic heterocycles. The molecule has 0 saturated heterocycles. The Labute approximate surface area is 168 Å². The van der Waals surface area contributed by atoms with E-state index in [0.717, 1.165) is 36.4 Å². The first-order valence-electron chi connectivity index (χ1n) is 9.90. The molecule has 0 atom stereocenters. The minimum atomic E-state index is -0.155. The summed E-state index contributed by atoms with van der Waals surface area (Å²) in [5.41, 5.74) is 0.640. The number of hydrogen-bond acceptors (Lipinski definition) is 6. The van der Waals surface area contributed by atoms with Crippen LogP contribution in [0.4, 0.5) is 0 Å². The molecule has 0 amide bonds. The van der Waals surface area contributed by atoms with E-state index >= 15 is 0 Å². The third kappa shape index (κ3) is 3.85. The van der Waals surface area contributed by atoms with Crippen LogP contribution in [0, 0.1) is 0 Å². The molecular formula is C21H26N4O2S. The van der Waals surface area contributed by atoms with Gasteiger partial charge in [0.15, 0.2) is 11.0 Å². The van der Waals surface area contributed by atoms with E-state index < -0.39 is 0 Å². The number of benzene rings is 1.